The summed E-state index contributed by atoms with van der Waals surface area (Å²) < 4.78 is 6.21. The molecule has 0 radical (unpaired) electrons. The van der Waals surface area contributed by atoms with Crippen LogP contribution in [0.15, 0.2) is 0 Å². The van der Waals surface area contributed by atoms with E-state index in [2.05, 4.69) is 37.4 Å². The third-order valence-corrected chi connectivity index (χ3v) is 7.41. The Kier molecular flexibility index (Phi) is 4.99. The summed E-state index contributed by atoms with van der Waals surface area (Å²) in [5, 5.41) is 0.740. The fourth-order valence-corrected chi connectivity index (χ4v) is 6.30. The molecular weight excluding hydrogens is 266 g/mol. The molecular formula is C17H31NOS. The zero-order valence-corrected chi connectivity index (χ0v) is 14.2. The number of ether oxygens (including phenoxy) is 1. The Labute approximate surface area is 129 Å². The number of nitrogens with zero attached hydrogens (tertiary/aromatic N) is 1. The predicted octanol–water partition coefficient (Wildman–Crippen LogP) is 4.00. The molecule has 3 aliphatic heterocycles. The Morgan fingerprint density at radius 3 is 2.60 bits per heavy atom. The summed E-state index contributed by atoms with van der Waals surface area (Å²) in [7, 11) is 0. The van der Waals surface area contributed by atoms with Crippen molar-refractivity contribution in [3.8, 4) is 0 Å². The summed E-state index contributed by atoms with van der Waals surface area (Å²) in [5.41, 5.74) is 0. The quantitative estimate of drug-likeness (QED) is 0.764. The van der Waals surface area contributed by atoms with Crippen LogP contribution in [0.3, 0.4) is 0 Å². The third kappa shape index (κ3) is 2.91. The molecule has 0 amide bonds. The fraction of sp³-hybridized carbons (Fsp3) is 1.00. The van der Waals surface area contributed by atoms with Crippen molar-refractivity contribution >= 4 is 11.8 Å². The van der Waals surface area contributed by atoms with Crippen molar-refractivity contribution in [1.82, 2.24) is 4.90 Å². The molecule has 0 aromatic carbocycles. The SMILES string of the molecule is C[C@@H]1C(C2OCCC[C@H]2C)CCSC1N1CCC[C@@H]1C. The average Bonchev–Trinajstić information content (AvgIpc) is 2.86. The number of likely N-dealkylation sites (tertiary alicyclic amines) is 1. The van der Waals surface area contributed by atoms with Gasteiger partial charge >= 0.3 is 0 Å². The Hall–Kier alpha value is 0.270. The summed E-state index contributed by atoms with van der Waals surface area (Å²) >= 11 is 2.21. The first-order valence-corrected chi connectivity index (χ1v) is 9.72. The third-order valence-electron chi connectivity index (χ3n) is 5.89. The van der Waals surface area contributed by atoms with E-state index in [9.17, 15) is 0 Å². The highest BCUT2D eigenvalue weighted by Crippen LogP contribution is 2.44. The van der Waals surface area contributed by atoms with Crippen LogP contribution in [0.5, 0.6) is 0 Å². The standard InChI is InChI=1S/C17H31NOS/c1-12-6-5-10-19-16(12)15-8-11-20-17(14(15)3)18-9-4-7-13(18)2/h12-17H,4-11H2,1-3H3/t12-,13+,14-,15?,16?,17?/m1/s1. The summed E-state index contributed by atoms with van der Waals surface area (Å²) in [6, 6.07) is 0.790. The van der Waals surface area contributed by atoms with Gasteiger partial charge in [-0.1, -0.05) is 13.8 Å². The van der Waals surface area contributed by atoms with Crippen LogP contribution < -0.4 is 0 Å². The fourth-order valence-electron chi connectivity index (χ4n) is 4.64. The van der Waals surface area contributed by atoms with Crippen molar-refractivity contribution < 1.29 is 4.74 Å². The van der Waals surface area contributed by atoms with Gasteiger partial charge in [-0.2, -0.15) is 0 Å². The van der Waals surface area contributed by atoms with E-state index in [1.807, 2.05) is 0 Å². The molecule has 0 aliphatic carbocycles. The van der Waals surface area contributed by atoms with Gasteiger partial charge in [0.15, 0.2) is 0 Å². The molecule has 3 unspecified atom stereocenters. The maximum atomic E-state index is 6.21. The first-order valence-electron chi connectivity index (χ1n) is 8.67. The molecule has 3 aliphatic rings. The number of thioether (sulfide) groups is 1. The maximum absolute atomic E-state index is 6.21. The summed E-state index contributed by atoms with van der Waals surface area (Å²) in [6.45, 7) is 9.64. The maximum Gasteiger partial charge on any atom is 0.0632 e. The lowest BCUT2D eigenvalue weighted by atomic mass is 9.78. The lowest BCUT2D eigenvalue weighted by molar-refractivity contribution is -0.0752. The van der Waals surface area contributed by atoms with Gasteiger partial charge in [-0.05, 0) is 69.1 Å². The smallest absolute Gasteiger partial charge is 0.0632 e. The summed E-state index contributed by atoms with van der Waals surface area (Å²) in [4.78, 5) is 2.79. The minimum absolute atomic E-state index is 0.528. The second kappa shape index (κ2) is 6.58. The van der Waals surface area contributed by atoms with Gasteiger partial charge in [-0.3, -0.25) is 4.90 Å². The van der Waals surface area contributed by atoms with Crippen molar-refractivity contribution in [1.29, 1.82) is 0 Å². The minimum atomic E-state index is 0.528. The molecule has 20 heavy (non-hydrogen) atoms. The van der Waals surface area contributed by atoms with Crippen molar-refractivity contribution in [3.63, 3.8) is 0 Å². The van der Waals surface area contributed by atoms with Crippen LogP contribution in [-0.2, 0) is 4.74 Å². The number of hydrogen-bond acceptors (Lipinski definition) is 3. The normalized spacial score (nSPS) is 47.5. The van der Waals surface area contributed by atoms with Gasteiger partial charge < -0.3 is 4.74 Å². The monoisotopic (exact) mass is 297 g/mol. The van der Waals surface area contributed by atoms with Gasteiger partial charge in [-0.15, -0.1) is 11.8 Å². The molecule has 3 fully saturated rings. The zero-order valence-electron chi connectivity index (χ0n) is 13.4. The van der Waals surface area contributed by atoms with Crippen LogP contribution in [0, 0.1) is 17.8 Å². The van der Waals surface area contributed by atoms with E-state index in [0.717, 1.165) is 35.8 Å². The van der Waals surface area contributed by atoms with Crippen LogP contribution in [0.2, 0.25) is 0 Å². The Balaban J connectivity index is 1.69. The van der Waals surface area contributed by atoms with Crippen LogP contribution in [0.25, 0.3) is 0 Å². The van der Waals surface area contributed by atoms with E-state index in [-0.39, 0.29) is 0 Å². The van der Waals surface area contributed by atoms with Gasteiger partial charge in [0.2, 0.25) is 0 Å². The van der Waals surface area contributed by atoms with Crippen molar-refractivity contribution in [2.45, 2.75) is 70.4 Å². The molecule has 3 rings (SSSR count). The van der Waals surface area contributed by atoms with E-state index in [4.69, 9.17) is 4.74 Å². The van der Waals surface area contributed by atoms with E-state index in [1.54, 1.807) is 0 Å². The average molecular weight is 298 g/mol. The van der Waals surface area contributed by atoms with E-state index < -0.39 is 0 Å². The lowest BCUT2D eigenvalue weighted by Crippen LogP contribution is -2.49. The van der Waals surface area contributed by atoms with Crippen LogP contribution in [-0.4, -0.2) is 41.3 Å². The topological polar surface area (TPSA) is 12.5 Å². The highest BCUT2D eigenvalue weighted by molar-refractivity contribution is 7.99. The Morgan fingerprint density at radius 1 is 1.05 bits per heavy atom. The van der Waals surface area contributed by atoms with Crippen molar-refractivity contribution in [2.24, 2.45) is 17.8 Å². The second-order valence-electron chi connectivity index (χ2n) is 7.26. The highest BCUT2D eigenvalue weighted by atomic mass is 32.2. The molecule has 0 aromatic rings. The molecule has 0 bridgehead atoms. The largest absolute Gasteiger partial charge is 0.378 e. The zero-order chi connectivity index (χ0) is 14.1. The lowest BCUT2D eigenvalue weighted by Gasteiger charge is -2.46. The van der Waals surface area contributed by atoms with E-state index >= 15 is 0 Å². The summed E-state index contributed by atoms with van der Waals surface area (Å²) in [5.74, 6) is 3.65. The number of hydrogen-bond donors (Lipinski definition) is 0. The van der Waals surface area contributed by atoms with Gasteiger partial charge in [0.25, 0.3) is 0 Å². The van der Waals surface area contributed by atoms with E-state index in [0.29, 0.717) is 6.10 Å². The molecule has 3 saturated heterocycles. The molecule has 6 atom stereocenters. The van der Waals surface area contributed by atoms with E-state index in [1.165, 1.54) is 44.4 Å². The molecule has 3 heterocycles. The van der Waals surface area contributed by atoms with Crippen LogP contribution >= 0.6 is 11.8 Å². The summed E-state index contributed by atoms with van der Waals surface area (Å²) in [6.07, 6.45) is 7.31. The molecule has 0 aromatic heterocycles. The van der Waals surface area contributed by atoms with Gasteiger partial charge in [-0.25, -0.2) is 0 Å². The molecule has 0 N–H and O–H groups in total. The molecule has 0 saturated carbocycles. The Bertz CT molecular complexity index is 324. The van der Waals surface area contributed by atoms with Crippen molar-refractivity contribution in [2.75, 3.05) is 18.9 Å². The van der Waals surface area contributed by atoms with Crippen molar-refractivity contribution in [3.05, 3.63) is 0 Å². The van der Waals surface area contributed by atoms with Gasteiger partial charge in [0.05, 0.1) is 11.5 Å². The molecule has 0 spiro atoms. The van der Waals surface area contributed by atoms with Crippen LogP contribution in [0.1, 0.15) is 52.9 Å². The molecule has 116 valence electrons. The van der Waals surface area contributed by atoms with Gasteiger partial charge in [0, 0.05) is 12.6 Å². The first kappa shape index (κ1) is 15.2. The molecule has 3 heteroatoms. The minimum Gasteiger partial charge on any atom is -0.378 e. The highest BCUT2D eigenvalue weighted by Gasteiger charge is 2.42. The molecule has 2 nitrogen and oxygen atoms in total. The number of rotatable bonds is 2. The first-order chi connectivity index (χ1) is 9.68. The second-order valence-corrected chi connectivity index (χ2v) is 8.48. The van der Waals surface area contributed by atoms with Gasteiger partial charge in [0.1, 0.15) is 0 Å². The van der Waals surface area contributed by atoms with Crippen LogP contribution in [0.4, 0.5) is 0 Å². The Morgan fingerprint density at radius 2 is 1.90 bits per heavy atom. The predicted molar refractivity (Wildman–Crippen MR) is 87.1 cm³/mol.